The first-order chi connectivity index (χ1) is 11.4. The van der Waals surface area contributed by atoms with Gasteiger partial charge in [-0.2, -0.15) is 5.10 Å². The van der Waals surface area contributed by atoms with Crippen LogP contribution in [0.2, 0.25) is 0 Å². The summed E-state index contributed by atoms with van der Waals surface area (Å²) in [4.78, 5) is 2.52. The van der Waals surface area contributed by atoms with Crippen LogP contribution >= 0.6 is 0 Å². The van der Waals surface area contributed by atoms with Crippen molar-refractivity contribution < 1.29 is 9.47 Å². The third-order valence-electron chi connectivity index (χ3n) is 4.69. The van der Waals surface area contributed by atoms with Gasteiger partial charge in [0, 0.05) is 31.4 Å². The summed E-state index contributed by atoms with van der Waals surface area (Å²) in [6.45, 7) is 4.70. The zero-order chi connectivity index (χ0) is 15.5. The highest BCUT2D eigenvalue weighted by Gasteiger charge is 2.30. The summed E-state index contributed by atoms with van der Waals surface area (Å²) < 4.78 is 13.3. The van der Waals surface area contributed by atoms with Crippen molar-refractivity contribution in [2.75, 3.05) is 26.3 Å². The molecule has 0 bridgehead atoms. The lowest BCUT2D eigenvalue weighted by Gasteiger charge is -2.34. The summed E-state index contributed by atoms with van der Waals surface area (Å²) in [6.07, 6.45) is 6.21. The van der Waals surface area contributed by atoms with Gasteiger partial charge in [0.1, 0.15) is 0 Å². The van der Waals surface area contributed by atoms with Crippen molar-refractivity contribution in [2.45, 2.75) is 25.7 Å². The standard InChI is InChI=1S/C18H23N3O2/c1-3-16(18-22-11-12-23-18)14-20(9-1)13-15-4-6-17(7-5-15)21-10-2-8-19-21/h2,4-8,10,16,18H,1,3,9,11-14H2. The molecule has 0 saturated carbocycles. The molecule has 0 aliphatic carbocycles. The quantitative estimate of drug-likeness (QED) is 0.869. The Labute approximate surface area is 136 Å². The first-order valence-corrected chi connectivity index (χ1v) is 8.43. The molecule has 0 N–H and O–H groups in total. The van der Waals surface area contributed by atoms with E-state index in [1.165, 1.54) is 18.4 Å². The minimum Gasteiger partial charge on any atom is -0.350 e. The predicted octanol–water partition coefficient (Wildman–Crippen LogP) is 2.46. The van der Waals surface area contributed by atoms with Crippen molar-refractivity contribution in [2.24, 2.45) is 5.92 Å². The molecule has 2 saturated heterocycles. The van der Waals surface area contributed by atoms with E-state index in [4.69, 9.17) is 9.47 Å². The summed E-state index contributed by atoms with van der Waals surface area (Å²) in [5, 5.41) is 4.26. The second-order valence-electron chi connectivity index (χ2n) is 6.36. The highest BCUT2D eigenvalue weighted by molar-refractivity contribution is 5.33. The molecule has 2 aromatic rings. The molecule has 1 atom stereocenters. The van der Waals surface area contributed by atoms with Crippen molar-refractivity contribution >= 4 is 0 Å². The Hall–Kier alpha value is -1.69. The van der Waals surface area contributed by atoms with Gasteiger partial charge < -0.3 is 9.47 Å². The van der Waals surface area contributed by atoms with Gasteiger partial charge in [-0.3, -0.25) is 4.90 Å². The summed E-state index contributed by atoms with van der Waals surface area (Å²) in [5.41, 5.74) is 2.44. The average molecular weight is 313 g/mol. The van der Waals surface area contributed by atoms with Crippen molar-refractivity contribution in [1.82, 2.24) is 14.7 Å². The minimum atomic E-state index is 0.0139. The molecule has 0 spiro atoms. The molecule has 2 aliphatic rings. The number of likely N-dealkylation sites (tertiary alicyclic amines) is 1. The van der Waals surface area contributed by atoms with Crippen LogP contribution in [0.4, 0.5) is 0 Å². The molecule has 2 aliphatic heterocycles. The van der Waals surface area contributed by atoms with Crippen LogP contribution in [0.25, 0.3) is 5.69 Å². The van der Waals surface area contributed by atoms with E-state index < -0.39 is 0 Å². The van der Waals surface area contributed by atoms with E-state index in [0.29, 0.717) is 5.92 Å². The first kappa shape index (κ1) is 14.9. The lowest BCUT2D eigenvalue weighted by molar-refractivity contribution is -0.101. The highest BCUT2D eigenvalue weighted by atomic mass is 16.7. The van der Waals surface area contributed by atoms with E-state index in [0.717, 1.165) is 38.5 Å². The number of ether oxygens (including phenoxy) is 2. The largest absolute Gasteiger partial charge is 0.350 e. The number of nitrogens with zero attached hydrogens (tertiary/aromatic N) is 3. The zero-order valence-corrected chi connectivity index (χ0v) is 13.3. The number of aromatic nitrogens is 2. The van der Waals surface area contributed by atoms with Gasteiger partial charge in [-0.1, -0.05) is 12.1 Å². The normalized spacial score (nSPS) is 23.4. The summed E-state index contributed by atoms with van der Waals surface area (Å²) in [5.74, 6) is 0.509. The highest BCUT2D eigenvalue weighted by Crippen LogP contribution is 2.26. The molecule has 1 aromatic heterocycles. The predicted molar refractivity (Wildman–Crippen MR) is 87.3 cm³/mol. The molecule has 1 unspecified atom stereocenters. The number of piperidine rings is 1. The Bertz CT molecular complexity index is 606. The van der Waals surface area contributed by atoms with Crippen LogP contribution in [0.3, 0.4) is 0 Å². The van der Waals surface area contributed by atoms with Crippen molar-refractivity contribution in [3.63, 3.8) is 0 Å². The lowest BCUT2D eigenvalue weighted by atomic mass is 9.97. The summed E-state index contributed by atoms with van der Waals surface area (Å²) >= 11 is 0. The molecule has 0 amide bonds. The summed E-state index contributed by atoms with van der Waals surface area (Å²) in [6, 6.07) is 10.6. The Morgan fingerprint density at radius 2 is 1.96 bits per heavy atom. The van der Waals surface area contributed by atoms with Crippen LogP contribution in [0.5, 0.6) is 0 Å². The monoisotopic (exact) mass is 313 g/mol. The number of rotatable bonds is 4. The number of benzene rings is 1. The SMILES string of the molecule is c1cnn(-c2ccc(CN3CCCC(C4OCCO4)C3)cc2)c1. The molecule has 5 nitrogen and oxygen atoms in total. The Morgan fingerprint density at radius 3 is 2.70 bits per heavy atom. The Morgan fingerprint density at radius 1 is 1.13 bits per heavy atom. The van der Waals surface area contributed by atoms with Gasteiger partial charge in [-0.05, 0) is 43.1 Å². The molecular formula is C18H23N3O2. The zero-order valence-electron chi connectivity index (χ0n) is 13.3. The molecule has 122 valence electrons. The third-order valence-corrected chi connectivity index (χ3v) is 4.69. The fourth-order valence-electron chi connectivity index (χ4n) is 3.54. The Kier molecular flexibility index (Phi) is 4.41. The second-order valence-corrected chi connectivity index (χ2v) is 6.36. The van der Waals surface area contributed by atoms with Gasteiger partial charge in [0.15, 0.2) is 6.29 Å². The van der Waals surface area contributed by atoms with Crippen LogP contribution in [0.15, 0.2) is 42.7 Å². The maximum Gasteiger partial charge on any atom is 0.161 e. The third kappa shape index (κ3) is 3.47. The topological polar surface area (TPSA) is 39.5 Å². The van der Waals surface area contributed by atoms with Gasteiger partial charge in [0.2, 0.25) is 0 Å². The average Bonchev–Trinajstić information content (AvgIpc) is 3.30. The smallest absolute Gasteiger partial charge is 0.161 e. The fourth-order valence-corrected chi connectivity index (χ4v) is 3.54. The van der Waals surface area contributed by atoms with Crippen LogP contribution in [-0.4, -0.2) is 47.3 Å². The van der Waals surface area contributed by atoms with Crippen LogP contribution in [-0.2, 0) is 16.0 Å². The lowest BCUT2D eigenvalue weighted by Crippen LogP contribution is -2.40. The molecule has 23 heavy (non-hydrogen) atoms. The van der Waals surface area contributed by atoms with E-state index in [-0.39, 0.29) is 6.29 Å². The van der Waals surface area contributed by atoms with Crippen molar-refractivity contribution in [1.29, 1.82) is 0 Å². The molecule has 5 heteroatoms. The van der Waals surface area contributed by atoms with E-state index in [1.807, 2.05) is 16.9 Å². The molecular weight excluding hydrogens is 290 g/mol. The molecule has 4 rings (SSSR count). The molecule has 3 heterocycles. The van der Waals surface area contributed by atoms with E-state index in [1.54, 1.807) is 6.20 Å². The maximum absolute atomic E-state index is 5.69. The number of hydrogen-bond donors (Lipinski definition) is 0. The van der Waals surface area contributed by atoms with E-state index >= 15 is 0 Å². The Balaban J connectivity index is 1.37. The van der Waals surface area contributed by atoms with E-state index in [2.05, 4.69) is 34.3 Å². The molecule has 1 aromatic carbocycles. The second kappa shape index (κ2) is 6.83. The molecule has 0 radical (unpaired) electrons. The maximum atomic E-state index is 5.69. The summed E-state index contributed by atoms with van der Waals surface area (Å²) in [7, 11) is 0. The van der Waals surface area contributed by atoms with Gasteiger partial charge in [0.25, 0.3) is 0 Å². The number of hydrogen-bond acceptors (Lipinski definition) is 4. The van der Waals surface area contributed by atoms with Gasteiger partial charge in [-0.15, -0.1) is 0 Å². The van der Waals surface area contributed by atoms with Crippen molar-refractivity contribution in [3.8, 4) is 5.69 Å². The van der Waals surface area contributed by atoms with E-state index in [9.17, 15) is 0 Å². The van der Waals surface area contributed by atoms with Gasteiger partial charge in [0.05, 0.1) is 18.9 Å². The van der Waals surface area contributed by atoms with Gasteiger partial charge in [-0.25, -0.2) is 4.68 Å². The minimum absolute atomic E-state index is 0.0139. The van der Waals surface area contributed by atoms with Crippen LogP contribution in [0.1, 0.15) is 18.4 Å². The van der Waals surface area contributed by atoms with Crippen LogP contribution in [0, 0.1) is 5.92 Å². The first-order valence-electron chi connectivity index (χ1n) is 8.43. The van der Waals surface area contributed by atoms with Crippen molar-refractivity contribution in [3.05, 3.63) is 48.3 Å². The molecule has 2 fully saturated rings. The fraction of sp³-hybridized carbons (Fsp3) is 0.500. The van der Waals surface area contributed by atoms with Gasteiger partial charge >= 0.3 is 0 Å². The van der Waals surface area contributed by atoms with Crippen LogP contribution < -0.4 is 0 Å².